The first-order chi connectivity index (χ1) is 7.08. The zero-order chi connectivity index (χ0) is 11.0. The third-order valence-electron chi connectivity index (χ3n) is 2.60. The molecule has 0 saturated carbocycles. The van der Waals surface area contributed by atoms with Crippen LogP contribution in [0.15, 0.2) is 22.7 Å². The molecule has 0 radical (unpaired) electrons. The predicted molar refractivity (Wildman–Crippen MR) is 62.8 cm³/mol. The molecule has 3 nitrogen and oxygen atoms in total. The minimum absolute atomic E-state index is 0.0762. The standard InChI is InChI=1S/C11H13BrN2O/c1-7-4-8(2-3-10(7)12)11(15)14-5-9(13)6-14/h2-4,9H,5-6,13H2,1H3. The van der Waals surface area contributed by atoms with Gasteiger partial charge in [-0.25, -0.2) is 0 Å². The summed E-state index contributed by atoms with van der Waals surface area (Å²) in [7, 11) is 0. The Morgan fingerprint density at radius 2 is 2.20 bits per heavy atom. The van der Waals surface area contributed by atoms with Crippen molar-refractivity contribution in [3.8, 4) is 0 Å². The molecule has 1 aliphatic rings. The van der Waals surface area contributed by atoms with E-state index >= 15 is 0 Å². The second kappa shape index (κ2) is 3.94. The Bertz CT molecular complexity index is 400. The molecule has 0 spiro atoms. The van der Waals surface area contributed by atoms with E-state index in [0.29, 0.717) is 13.1 Å². The first-order valence-corrected chi connectivity index (χ1v) is 5.68. The highest BCUT2D eigenvalue weighted by Crippen LogP contribution is 2.19. The van der Waals surface area contributed by atoms with Gasteiger partial charge in [0.15, 0.2) is 0 Å². The van der Waals surface area contributed by atoms with Crippen molar-refractivity contribution in [2.45, 2.75) is 13.0 Å². The largest absolute Gasteiger partial charge is 0.335 e. The van der Waals surface area contributed by atoms with Crippen LogP contribution in [-0.4, -0.2) is 29.9 Å². The minimum atomic E-state index is 0.0762. The van der Waals surface area contributed by atoms with Crippen LogP contribution in [0.25, 0.3) is 0 Å². The van der Waals surface area contributed by atoms with Crippen molar-refractivity contribution in [1.29, 1.82) is 0 Å². The number of halogens is 1. The van der Waals surface area contributed by atoms with Gasteiger partial charge < -0.3 is 10.6 Å². The quantitative estimate of drug-likeness (QED) is 0.840. The normalized spacial score (nSPS) is 16.3. The van der Waals surface area contributed by atoms with Crippen LogP contribution in [0, 0.1) is 6.92 Å². The molecular formula is C11H13BrN2O. The Hall–Kier alpha value is -0.870. The van der Waals surface area contributed by atoms with E-state index < -0.39 is 0 Å². The monoisotopic (exact) mass is 268 g/mol. The Morgan fingerprint density at radius 3 is 2.73 bits per heavy atom. The Labute approximate surface area is 97.4 Å². The number of likely N-dealkylation sites (tertiary alicyclic amines) is 1. The molecule has 2 rings (SSSR count). The topological polar surface area (TPSA) is 46.3 Å². The Kier molecular flexibility index (Phi) is 2.80. The molecule has 0 bridgehead atoms. The summed E-state index contributed by atoms with van der Waals surface area (Å²) < 4.78 is 1.03. The molecule has 1 aliphatic heterocycles. The number of rotatable bonds is 1. The van der Waals surface area contributed by atoms with Gasteiger partial charge in [-0.15, -0.1) is 0 Å². The number of aryl methyl sites for hydroxylation is 1. The fourth-order valence-corrected chi connectivity index (χ4v) is 1.89. The maximum atomic E-state index is 11.9. The van der Waals surface area contributed by atoms with Crippen molar-refractivity contribution in [1.82, 2.24) is 4.90 Å². The molecule has 1 fully saturated rings. The van der Waals surface area contributed by atoms with Crippen LogP contribution in [0.1, 0.15) is 15.9 Å². The lowest BCUT2D eigenvalue weighted by Gasteiger charge is -2.36. The summed E-state index contributed by atoms with van der Waals surface area (Å²) in [6.45, 7) is 3.32. The van der Waals surface area contributed by atoms with E-state index in [2.05, 4.69) is 15.9 Å². The molecule has 1 heterocycles. The summed E-state index contributed by atoms with van der Waals surface area (Å²) in [5.74, 6) is 0.0762. The highest BCUT2D eigenvalue weighted by atomic mass is 79.9. The van der Waals surface area contributed by atoms with Gasteiger partial charge in [-0.2, -0.15) is 0 Å². The van der Waals surface area contributed by atoms with E-state index in [9.17, 15) is 4.79 Å². The van der Waals surface area contributed by atoms with Crippen LogP contribution in [0.5, 0.6) is 0 Å². The molecule has 1 amide bonds. The van der Waals surface area contributed by atoms with Gasteiger partial charge in [0, 0.05) is 29.2 Å². The molecule has 0 aliphatic carbocycles. The van der Waals surface area contributed by atoms with E-state index in [4.69, 9.17) is 5.73 Å². The molecule has 15 heavy (non-hydrogen) atoms. The van der Waals surface area contributed by atoms with Gasteiger partial charge >= 0.3 is 0 Å². The van der Waals surface area contributed by atoms with Crippen LogP contribution >= 0.6 is 15.9 Å². The lowest BCUT2D eigenvalue weighted by atomic mass is 10.1. The van der Waals surface area contributed by atoms with Gasteiger partial charge in [0.2, 0.25) is 0 Å². The lowest BCUT2D eigenvalue weighted by molar-refractivity contribution is 0.0608. The molecule has 0 unspecified atom stereocenters. The summed E-state index contributed by atoms with van der Waals surface area (Å²) >= 11 is 3.41. The number of carbonyl (C=O) groups excluding carboxylic acids is 1. The predicted octanol–water partition coefficient (Wildman–Crippen LogP) is 1.54. The fourth-order valence-electron chi connectivity index (χ4n) is 1.64. The summed E-state index contributed by atoms with van der Waals surface area (Å²) in [5, 5.41) is 0. The summed E-state index contributed by atoms with van der Waals surface area (Å²) in [5.41, 5.74) is 7.45. The van der Waals surface area contributed by atoms with E-state index in [0.717, 1.165) is 15.6 Å². The Balaban J connectivity index is 2.16. The van der Waals surface area contributed by atoms with Gasteiger partial charge in [-0.1, -0.05) is 15.9 Å². The van der Waals surface area contributed by atoms with Crippen molar-refractivity contribution in [2.24, 2.45) is 5.73 Å². The number of nitrogens with two attached hydrogens (primary N) is 1. The number of amides is 1. The molecular weight excluding hydrogens is 256 g/mol. The van der Waals surface area contributed by atoms with E-state index in [1.54, 1.807) is 4.90 Å². The van der Waals surface area contributed by atoms with Crippen LogP contribution in [0.3, 0.4) is 0 Å². The molecule has 0 atom stereocenters. The van der Waals surface area contributed by atoms with Crippen LogP contribution in [0.2, 0.25) is 0 Å². The maximum Gasteiger partial charge on any atom is 0.253 e. The number of hydrogen-bond acceptors (Lipinski definition) is 2. The number of benzene rings is 1. The number of carbonyl (C=O) groups is 1. The van der Waals surface area contributed by atoms with Crippen molar-refractivity contribution in [3.05, 3.63) is 33.8 Å². The van der Waals surface area contributed by atoms with Crippen molar-refractivity contribution < 1.29 is 4.79 Å². The second-order valence-electron chi connectivity index (χ2n) is 3.93. The van der Waals surface area contributed by atoms with Crippen molar-refractivity contribution in [2.75, 3.05) is 13.1 Å². The summed E-state index contributed by atoms with van der Waals surface area (Å²) in [6.07, 6.45) is 0. The van der Waals surface area contributed by atoms with E-state index in [-0.39, 0.29) is 11.9 Å². The molecule has 1 aromatic rings. The van der Waals surface area contributed by atoms with Crippen LogP contribution < -0.4 is 5.73 Å². The van der Waals surface area contributed by atoms with Gasteiger partial charge in [-0.3, -0.25) is 4.79 Å². The Morgan fingerprint density at radius 1 is 1.53 bits per heavy atom. The van der Waals surface area contributed by atoms with Gasteiger partial charge in [0.25, 0.3) is 5.91 Å². The molecule has 80 valence electrons. The zero-order valence-electron chi connectivity index (χ0n) is 8.53. The fraction of sp³-hybridized carbons (Fsp3) is 0.364. The third kappa shape index (κ3) is 2.06. The zero-order valence-corrected chi connectivity index (χ0v) is 10.1. The van der Waals surface area contributed by atoms with Crippen molar-refractivity contribution in [3.63, 3.8) is 0 Å². The first kappa shape index (κ1) is 10.6. The average molecular weight is 269 g/mol. The van der Waals surface area contributed by atoms with Crippen molar-refractivity contribution >= 4 is 21.8 Å². The number of nitrogens with zero attached hydrogens (tertiary/aromatic N) is 1. The lowest BCUT2D eigenvalue weighted by Crippen LogP contribution is -2.57. The minimum Gasteiger partial charge on any atom is -0.335 e. The van der Waals surface area contributed by atoms with E-state index in [1.165, 1.54) is 0 Å². The SMILES string of the molecule is Cc1cc(C(=O)N2CC(N)C2)ccc1Br. The molecule has 4 heteroatoms. The molecule has 1 aromatic carbocycles. The highest BCUT2D eigenvalue weighted by molar-refractivity contribution is 9.10. The third-order valence-corrected chi connectivity index (χ3v) is 3.49. The number of hydrogen-bond donors (Lipinski definition) is 1. The smallest absolute Gasteiger partial charge is 0.253 e. The maximum absolute atomic E-state index is 11.9. The van der Waals surface area contributed by atoms with Gasteiger partial charge in [0.1, 0.15) is 0 Å². The van der Waals surface area contributed by atoms with E-state index in [1.807, 2.05) is 25.1 Å². The molecule has 0 aromatic heterocycles. The van der Waals surface area contributed by atoms with Gasteiger partial charge in [0.05, 0.1) is 0 Å². The molecule has 1 saturated heterocycles. The van der Waals surface area contributed by atoms with Crippen LogP contribution in [-0.2, 0) is 0 Å². The first-order valence-electron chi connectivity index (χ1n) is 4.89. The van der Waals surface area contributed by atoms with Crippen LogP contribution in [0.4, 0.5) is 0 Å². The summed E-state index contributed by atoms with van der Waals surface area (Å²) in [6, 6.07) is 5.80. The molecule has 2 N–H and O–H groups in total. The summed E-state index contributed by atoms with van der Waals surface area (Å²) in [4.78, 5) is 13.7. The highest BCUT2D eigenvalue weighted by Gasteiger charge is 2.28. The second-order valence-corrected chi connectivity index (χ2v) is 4.79. The average Bonchev–Trinajstić information content (AvgIpc) is 2.16. The van der Waals surface area contributed by atoms with Gasteiger partial charge in [-0.05, 0) is 30.7 Å².